The highest BCUT2D eigenvalue weighted by molar-refractivity contribution is 6.01. The van der Waals surface area contributed by atoms with Gasteiger partial charge in [0.05, 0.1) is 11.1 Å². The molecule has 1 aromatic carbocycles. The Hall–Kier alpha value is -3.41. The molecule has 0 unspecified atom stereocenters. The maximum Gasteiger partial charge on any atom is 0.236 e. The van der Waals surface area contributed by atoms with Crippen molar-refractivity contribution in [3.05, 3.63) is 66.0 Å². The van der Waals surface area contributed by atoms with Crippen molar-refractivity contribution >= 4 is 11.7 Å². The Kier molecular flexibility index (Phi) is 4.62. The van der Waals surface area contributed by atoms with E-state index in [0.717, 1.165) is 53.9 Å². The summed E-state index contributed by atoms with van der Waals surface area (Å²) in [6.07, 6.45) is 5.48. The summed E-state index contributed by atoms with van der Waals surface area (Å²) in [5.74, 6) is 1.93. The molecular formula is C24H23N3O3. The lowest BCUT2D eigenvalue weighted by Gasteiger charge is -2.16. The Balaban J connectivity index is 1.34. The van der Waals surface area contributed by atoms with Gasteiger partial charge in [-0.15, -0.1) is 0 Å². The first-order valence-electron chi connectivity index (χ1n) is 10.3. The van der Waals surface area contributed by atoms with Gasteiger partial charge >= 0.3 is 0 Å². The summed E-state index contributed by atoms with van der Waals surface area (Å²) in [5.41, 5.74) is 3.22. The van der Waals surface area contributed by atoms with Crippen LogP contribution in [0.2, 0.25) is 0 Å². The van der Waals surface area contributed by atoms with Crippen LogP contribution >= 0.6 is 0 Å². The molecule has 30 heavy (non-hydrogen) atoms. The summed E-state index contributed by atoms with van der Waals surface area (Å²) in [5, 5.41) is 3.01. The number of ether oxygens (including phenoxy) is 2. The third kappa shape index (κ3) is 3.38. The predicted octanol–water partition coefficient (Wildman–Crippen LogP) is 4.50. The van der Waals surface area contributed by atoms with Gasteiger partial charge in [-0.2, -0.15) is 0 Å². The Morgan fingerprint density at radius 1 is 1.10 bits per heavy atom. The molecule has 1 N–H and O–H groups in total. The highest BCUT2D eigenvalue weighted by Gasteiger charge is 2.51. The van der Waals surface area contributed by atoms with Crippen molar-refractivity contribution in [2.45, 2.75) is 38.0 Å². The monoisotopic (exact) mass is 401 g/mol. The number of aryl methyl sites for hydroxylation is 1. The first-order chi connectivity index (χ1) is 14.7. The SMILES string of the molecule is CCCc1ccc(-c2cccc(NC(=O)C3(c4ccc5c(c4)OCO5)CC3)n2)cn1. The quantitative estimate of drug-likeness (QED) is 0.659. The molecule has 2 aromatic heterocycles. The second-order valence-corrected chi connectivity index (χ2v) is 7.80. The van der Waals surface area contributed by atoms with Crippen LogP contribution < -0.4 is 14.8 Å². The fraction of sp³-hybridized carbons (Fsp3) is 0.292. The minimum absolute atomic E-state index is 0.0394. The lowest BCUT2D eigenvalue weighted by atomic mass is 9.94. The number of rotatable bonds is 6. The molecular weight excluding hydrogens is 378 g/mol. The largest absolute Gasteiger partial charge is 0.454 e. The molecule has 1 amide bonds. The maximum absolute atomic E-state index is 13.1. The number of anilines is 1. The number of hydrogen-bond acceptors (Lipinski definition) is 5. The predicted molar refractivity (Wildman–Crippen MR) is 114 cm³/mol. The number of carbonyl (C=O) groups is 1. The molecule has 0 bridgehead atoms. The fourth-order valence-corrected chi connectivity index (χ4v) is 3.85. The summed E-state index contributed by atoms with van der Waals surface area (Å²) in [6, 6.07) is 15.4. The van der Waals surface area contributed by atoms with Gasteiger partial charge in [0.2, 0.25) is 12.7 Å². The number of amides is 1. The second kappa shape index (κ2) is 7.44. The van der Waals surface area contributed by atoms with Crippen molar-refractivity contribution in [1.29, 1.82) is 0 Å². The van der Waals surface area contributed by atoms with E-state index in [0.29, 0.717) is 11.6 Å². The van der Waals surface area contributed by atoms with E-state index in [1.807, 2.05) is 54.7 Å². The van der Waals surface area contributed by atoms with E-state index in [2.05, 4.69) is 22.2 Å². The Bertz CT molecular complexity index is 1090. The first-order valence-corrected chi connectivity index (χ1v) is 10.3. The van der Waals surface area contributed by atoms with Crippen LogP contribution in [0.5, 0.6) is 11.5 Å². The molecule has 1 aliphatic carbocycles. The second-order valence-electron chi connectivity index (χ2n) is 7.80. The van der Waals surface area contributed by atoms with E-state index in [9.17, 15) is 4.79 Å². The number of fused-ring (bicyclic) bond motifs is 1. The lowest BCUT2D eigenvalue weighted by molar-refractivity contribution is -0.118. The van der Waals surface area contributed by atoms with E-state index in [1.54, 1.807) is 0 Å². The van der Waals surface area contributed by atoms with Gasteiger partial charge in [-0.1, -0.05) is 25.5 Å². The van der Waals surface area contributed by atoms with Gasteiger partial charge < -0.3 is 14.8 Å². The zero-order valence-electron chi connectivity index (χ0n) is 16.9. The van der Waals surface area contributed by atoms with E-state index in [4.69, 9.17) is 9.47 Å². The van der Waals surface area contributed by atoms with Crippen LogP contribution in [-0.2, 0) is 16.6 Å². The molecule has 2 aliphatic rings. The number of benzene rings is 1. The van der Waals surface area contributed by atoms with Crippen LogP contribution in [0, 0.1) is 0 Å². The first kappa shape index (κ1) is 18.6. The maximum atomic E-state index is 13.1. The molecule has 5 rings (SSSR count). The molecule has 3 heterocycles. The molecule has 6 heteroatoms. The summed E-state index contributed by atoms with van der Waals surface area (Å²) >= 11 is 0. The number of nitrogens with zero attached hydrogens (tertiary/aromatic N) is 2. The molecule has 6 nitrogen and oxygen atoms in total. The van der Waals surface area contributed by atoms with Crippen molar-refractivity contribution in [2.75, 3.05) is 12.1 Å². The summed E-state index contributed by atoms with van der Waals surface area (Å²) in [7, 11) is 0. The van der Waals surface area contributed by atoms with Gasteiger partial charge in [0.1, 0.15) is 5.82 Å². The van der Waals surface area contributed by atoms with E-state index in [-0.39, 0.29) is 12.7 Å². The average Bonchev–Trinajstić information content (AvgIpc) is 3.46. The zero-order chi connectivity index (χ0) is 20.6. The highest BCUT2D eigenvalue weighted by atomic mass is 16.7. The molecule has 1 aliphatic heterocycles. The van der Waals surface area contributed by atoms with E-state index in [1.165, 1.54) is 0 Å². The van der Waals surface area contributed by atoms with Gasteiger partial charge in [-0.05, 0) is 61.2 Å². The van der Waals surface area contributed by atoms with E-state index >= 15 is 0 Å². The molecule has 0 atom stereocenters. The van der Waals surface area contributed by atoms with Crippen molar-refractivity contribution in [3.63, 3.8) is 0 Å². The van der Waals surface area contributed by atoms with E-state index < -0.39 is 5.41 Å². The van der Waals surface area contributed by atoms with Crippen LogP contribution in [0.15, 0.2) is 54.7 Å². The molecule has 0 radical (unpaired) electrons. The van der Waals surface area contributed by atoms with Gasteiger partial charge in [0, 0.05) is 17.5 Å². The molecule has 1 fully saturated rings. The van der Waals surface area contributed by atoms with Gasteiger partial charge in [0.15, 0.2) is 11.5 Å². The smallest absolute Gasteiger partial charge is 0.236 e. The molecule has 152 valence electrons. The number of pyridine rings is 2. The Morgan fingerprint density at radius 3 is 2.73 bits per heavy atom. The van der Waals surface area contributed by atoms with Gasteiger partial charge in [-0.25, -0.2) is 4.98 Å². The van der Waals surface area contributed by atoms with Crippen molar-refractivity contribution in [1.82, 2.24) is 9.97 Å². The standard InChI is InChI=1S/C24H23N3O3/c1-2-4-18-9-7-16(14-25-18)19-5-3-6-22(26-19)27-23(28)24(11-12-24)17-8-10-20-21(13-17)30-15-29-20/h3,5-10,13-14H,2,4,11-12,15H2,1H3,(H,26,27,28). The highest BCUT2D eigenvalue weighted by Crippen LogP contribution is 2.51. The molecule has 1 saturated carbocycles. The number of carbonyl (C=O) groups excluding carboxylic acids is 1. The lowest BCUT2D eigenvalue weighted by Crippen LogP contribution is -2.28. The number of nitrogens with one attached hydrogen (secondary N) is 1. The average molecular weight is 401 g/mol. The Labute approximate surface area is 175 Å². The topological polar surface area (TPSA) is 73.3 Å². The van der Waals surface area contributed by atoms with Crippen molar-refractivity contribution < 1.29 is 14.3 Å². The third-order valence-electron chi connectivity index (χ3n) is 5.73. The molecule has 3 aromatic rings. The summed E-state index contributed by atoms with van der Waals surface area (Å²) < 4.78 is 10.9. The summed E-state index contributed by atoms with van der Waals surface area (Å²) in [4.78, 5) is 22.3. The van der Waals surface area contributed by atoms with Gasteiger partial charge in [-0.3, -0.25) is 9.78 Å². The fourth-order valence-electron chi connectivity index (χ4n) is 3.85. The number of aromatic nitrogens is 2. The van der Waals surface area contributed by atoms with Crippen LogP contribution in [0.1, 0.15) is 37.4 Å². The van der Waals surface area contributed by atoms with Crippen LogP contribution in [0.25, 0.3) is 11.3 Å². The zero-order valence-corrected chi connectivity index (χ0v) is 16.9. The van der Waals surface area contributed by atoms with Crippen LogP contribution in [0.4, 0.5) is 5.82 Å². The number of hydrogen-bond donors (Lipinski definition) is 1. The Morgan fingerprint density at radius 2 is 1.97 bits per heavy atom. The van der Waals surface area contributed by atoms with Crippen LogP contribution in [0.3, 0.4) is 0 Å². The minimum Gasteiger partial charge on any atom is -0.454 e. The van der Waals surface area contributed by atoms with Crippen LogP contribution in [-0.4, -0.2) is 22.7 Å². The minimum atomic E-state index is -0.526. The van der Waals surface area contributed by atoms with Crippen molar-refractivity contribution in [2.24, 2.45) is 0 Å². The van der Waals surface area contributed by atoms with Crippen molar-refractivity contribution in [3.8, 4) is 22.8 Å². The molecule has 0 spiro atoms. The normalized spacial score (nSPS) is 15.6. The third-order valence-corrected chi connectivity index (χ3v) is 5.73. The summed E-state index contributed by atoms with van der Waals surface area (Å²) in [6.45, 7) is 2.36. The molecule has 0 saturated heterocycles. The van der Waals surface area contributed by atoms with Gasteiger partial charge in [0.25, 0.3) is 0 Å².